The molecule has 1 atom stereocenters. The van der Waals surface area contributed by atoms with E-state index in [1.807, 2.05) is 6.20 Å². The summed E-state index contributed by atoms with van der Waals surface area (Å²) in [6.07, 6.45) is 6.29. The lowest BCUT2D eigenvalue weighted by atomic mass is 10.1. The number of anilines is 1. The van der Waals surface area contributed by atoms with Crippen LogP contribution in [-0.2, 0) is 9.47 Å². The highest BCUT2D eigenvalue weighted by molar-refractivity contribution is 7.19. The topological polar surface area (TPSA) is 89.2 Å². The molecule has 1 aliphatic rings. The number of ether oxygens (including phenoxy) is 2. The Morgan fingerprint density at radius 1 is 1.09 bits per heavy atom. The number of fused-ring (bicyclic) bond motifs is 1. The number of carboxylic acids is 1. The summed E-state index contributed by atoms with van der Waals surface area (Å²) in [5, 5.41) is 14.7. The zero-order chi connectivity index (χ0) is 24.2. The minimum absolute atomic E-state index is 0.109. The molecule has 1 aliphatic heterocycles. The average molecular weight is 493 g/mol. The molecular formula is C26H28N4O4S. The van der Waals surface area contributed by atoms with E-state index in [2.05, 4.69) is 34.1 Å². The van der Waals surface area contributed by atoms with Gasteiger partial charge in [-0.2, -0.15) is 5.10 Å². The van der Waals surface area contributed by atoms with Gasteiger partial charge in [0.05, 0.1) is 24.1 Å². The van der Waals surface area contributed by atoms with E-state index in [0.717, 1.165) is 52.8 Å². The number of hydrogen-bond acceptors (Lipinski definition) is 7. The minimum Gasteiger partial charge on any atom is -0.478 e. The fourth-order valence-electron chi connectivity index (χ4n) is 4.33. The van der Waals surface area contributed by atoms with E-state index < -0.39 is 5.97 Å². The molecular weight excluding hydrogens is 464 g/mol. The van der Waals surface area contributed by atoms with Crippen LogP contribution in [0.2, 0.25) is 0 Å². The number of aromatic carboxylic acids is 1. The first-order chi connectivity index (χ1) is 17.1. The maximum Gasteiger partial charge on any atom is 0.335 e. The van der Waals surface area contributed by atoms with Crippen LogP contribution < -0.4 is 4.90 Å². The van der Waals surface area contributed by atoms with Gasteiger partial charge in [-0.05, 0) is 62.1 Å². The fourth-order valence-corrected chi connectivity index (χ4v) is 5.21. The molecule has 1 saturated heterocycles. The van der Waals surface area contributed by atoms with Gasteiger partial charge in [-0.25, -0.2) is 14.3 Å². The molecule has 35 heavy (non-hydrogen) atoms. The third-order valence-electron chi connectivity index (χ3n) is 6.17. The molecule has 0 saturated carbocycles. The van der Waals surface area contributed by atoms with Crippen LogP contribution in [0.5, 0.6) is 0 Å². The van der Waals surface area contributed by atoms with E-state index in [-0.39, 0.29) is 11.8 Å². The number of methoxy groups -OCH3 is 1. The minimum atomic E-state index is -0.940. The molecule has 0 aliphatic carbocycles. The number of hydrogen-bond donors (Lipinski definition) is 1. The highest BCUT2D eigenvalue weighted by atomic mass is 32.1. The van der Waals surface area contributed by atoms with Crippen LogP contribution >= 0.6 is 11.3 Å². The summed E-state index contributed by atoms with van der Waals surface area (Å²) < 4.78 is 13.1. The number of carbonyl (C=O) groups is 1. The predicted molar refractivity (Wildman–Crippen MR) is 136 cm³/mol. The third kappa shape index (κ3) is 5.22. The van der Waals surface area contributed by atoms with Gasteiger partial charge in [0.1, 0.15) is 11.2 Å². The highest BCUT2D eigenvalue weighted by Crippen LogP contribution is 2.31. The van der Waals surface area contributed by atoms with Crippen molar-refractivity contribution in [3.8, 4) is 21.8 Å². The second-order valence-electron chi connectivity index (χ2n) is 8.55. The zero-order valence-corrected chi connectivity index (χ0v) is 20.4. The van der Waals surface area contributed by atoms with Crippen molar-refractivity contribution in [3.05, 3.63) is 60.3 Å². The Kier molecular flexibility index (Phi) is 7.08. The van der Waals surface area contributed by atoms with Gasteiger partial charge in [-0.3, -0.25) is 0 Å². The van der Waals surface area contributed by atoms with Crippen molar-refractivity contribution in [2.45, 2.75) is 31.9 Å². The van der Waals surface area contributed by atoms with Crippen LogP contribution in [0.25, 0.3) is 26.8 Å². The quantitative estimate of drug-likeness (QED) is 0.322. The Morgan fingerprint density at radius 3 is 2.57 bits per heavy atom. The molecule has 0 spiro atoms. The largest absolute Gasteiger partial charge is 0.478 e. The standard InChI is InChI=1S/C26H28N4O4S/c1-33-15-4-16-34-23-5-2-3-14-29(23)21-12-10-19(11-13-21)24-28-30-17-22(27-26(30)35-24)18-6-8-20(9-7-18)25(31)32/h6-13,17,23H,2-5,14-16H2,1H3,(H,31,32). The van der Waals surface area contributed by atoms with Crippen LogP contribution in [0.15, 0.2) is 54.7 Å². The SMILES string of the molecule is COCCCOC1CCCCN1c1ccc(-c2nn3cc(-c4ccc(C(=O)O)cc4)nc3s2)cc1. The van der Waals surface area contributed by atoms with Gasteiger partial charge < -0.3 is 19.5 Å². The van der Waals surface area contributed by atoms with E-state index in [1.165, 1.54) is 29.9 Å². The van der Waals surface area contributed by atoms with Crippen LogP contribution in [-0.4, -0.2) is 58.8 Å². The Bertz CT molecular complexity index is 1250. The van der Waals surface area contributed by atoms with Crippen LogP contribution in [0, 0.1) is 0 Å². The van der Waals surface area contributed by atoms with E-state index >= 15 is 0 Å². The maximum atomic E-state index is 11.1. The first-order valence-corrected chi connectivity index (χ1v) is 12.6. The zero-order valence-electron chi connectivity index (χ0n) is 19.6. The third-order valence-corrected chi connectivity index (χ3v) is 7.14. The first-order valence-electron chi connectivity index (χ1n) is 11.8. The van der Waals surface area contributed by atoms with Crippen molar-refractivity contribution in [1.29, 1.82) is 0 Å². The average Bonchev–Trinajstić information content (AvgIpc) is 3.47. The first kappa shape index (κ1) is 23.5. The Hall–Kier alpha value is -3.27. The van der Waals surface area contributed by atoms with E-state index in [4.69, 9.17) is 19.7 Å². The molecule has 3 heterocycles. The summed E-state index contributed by atoms with van der Waals surface area (Å²) in [7, 11) is 1.72. The molecule has 9 heteroatoms. The Balaban J connectivity index is 1.29. The van der Waals surface area contributed by atoms with Gasteiger partial charge in [0.25, 0.3) is 0 Å². The van der Waals surface area contributed by atoms with Gasteiger partial charge in [0.15, 0.2) is 0 Å². The summed E-state index contributed by atoms with van der Waals surface area (Å²) in [6, 6.07) is 15.2. The lowest BCUT2D eigenvalue weighted by Crippen LogP contribution is -2.41. The smallest absolute Gasteiger partial charge is 0.335 e. The number of nitrogens with zero attached hydrogens (tertiary/aromatic N) is 4. The number of imidazole rings is 1. The lowest BCUT2D eigenvalue weighted by Gasteiger charge is -2.37. The molecule has 182 valence electrons. The second kappa shape index (κ2) is 10.6. The number of piperidine rings is 1. The van der Waals surface area contributed by atoms with Gasteiger partial charge in [0, 0.05) is 37.1 Å². The molecule has 1 N–H and O–H groups in total. The molecule has 0 amide bonds. The van der Waals surface area contributed by atoms with Gasteiger partial charge in [-0.1, -0.05) is 23.5 Å². The molecule has 8 nitrogen and oxygen atoms in total. The number of benzene rings is 2. The van der Waals surface area contributed by atoms with Crippen LogP contribution in [0.1, 0.15) is 36.0 Å². The molecule has 0 bridgehead atoms. The van der Waals surface area contributed by atoms with E-state index in [1.54, 1.807) is 35.9 Å². The summed E-state index contributed by atoms with van der Waals surface area (Å²) in [5.41, 5.74) is 4.10. The summed E-state index contributed by atoms with van der Waals surface area (Å²) in [6.45, 7) is 2.42. The van der Waals surface area contributed by atoms with Crippen LogP contribution in [0.4, 0.5) is 5.69 Å². The van der Waals surface area contributed by atoms with E-state index in [0.29, 0.717) is 6.61 Å². The normalized spacial score (nSPS) is 16.1. The summed E-state index contributed by atoms with van der Waals surface area (Å²) >= 11 is 1.53. The van der Waals surface area contributed by atoms with Crippen molar-refractivity contribution < 1.29 is 19.4 Å². The summed E-state index contributed by atoms with van der Waals surface area (Å²) in [5.74, 6) is -0.940. The fraction of sp³-hybridized carbons (Fsp3) is 0.346. The molecule has 1 unspecified atom stereocenters. The van der Waals surface area contributed by atoms with E-state index in [9.17, 15) is 4.79 Å². The lowest BCUT2D eigenvalue weighted by molar-refractivity contribution is 0.0237. The Labute approximate surface area is 207 Å². The van der Waals surface area contributed by atoms with Gasteiger partial charge >= 0.3 is 5.97 Å². The summed E-state index contributed by atoms with van der Waals surface area (Å²) in [4.78, 5) is 18.9. The second-order valence-corrected chi connectivity index (χ2v) is 9.51. The van der Waals surface area contributed by atoms with Crippen molar-refractivity contribution in [1.82, 2.24) is 14.6 Å². The van der Waals surface area contributed by atoms with Crippen molar-refractivity contribution in [2.24, 2.45) is 0 Å². The number of rotatable bonds is 9. The monoisotopic (exact) mass is 492 g/mol. The molecule has 2 aromatic heterocycles. The van der Waals surface area contributed by atoms with Gasteiger partial charge in [-0.15, -0.1) is 0 Å². The molecule has 4 aromatic rings. The van der Waals surface area contributed by atoms with Crippen molar-refractivity contribution in [2.75, 3.05) is 31.8 Å². The number of aromatic nitrogens is 3. The molecule has 1 fully saturated rings. The number of carboxylic acid groups (broad SMARTS) is 1. The van der Waals surface area contributed by atoms with Gasteiger partial charge in [0.2, 0.25) is 4.96 Å². The molecule has 2 aromatic carbocycles. The van der Waals surface area contributed by atoms with Crippen molar-refractivity contribution >= 4 is 28.0 Å². The molecule has 5 rings (SSSR count). The highest BCUT2D eigenvalue weighted by Gasteiger charge is 2.23. The Morgan fingerprint density at radius 2 is 1.86 bits per heavy atom. The molecule has 0 radical (unpaired) electrons. The maximum absolute atomic E-state index is 11.1. The predicted octanol–water partition coefficient (Wildman–Crippen LogP) is 5.19. The van der Waals surface area contributed by atoms with Crippen molar-refractivity contribution in [3.63, 3.8) is 0 Å². The van der Waals surface area contributed by atoms with Crippen LogP contribution in [0.3, 0.4) is 0 Å².